The van der Waals surface area contributed by atoms with Gasteiger partial charge in [-0.3, -0.25) is 14.5 Å². The summed E-state index contributed by atoms with van der Waals surface area (Å²) in [7, 11) is 0. The van der Waals surface area contributed by atoms with Crippen LogP contribution in [0.5, 0.6) is 11.5 Å². The molecular formula is C28H26ClNO5. The fourth-order valence-corrected chi connectivity index (χ4v) is 4.26. The van der Waals surface area contributed by atoms with Crippen LogP contribution in [-0.2, 0) is 9.59 Å². The molecule has 1 aliphatic heterocycles. The largest absolute Gasteiger partial charge is 0.507 e. The molecule has 1 aliphatic rings. The number of Topliss-reactive ketones (excluding diaryl/α,β-unsaturated/α-hetero) is 1. The van der Waals surface area contributed by atoms with Gasteiger partial charge in [-0.25, -0.2) is 0 Å². The number of ether oxygens (including phenoxy) is 1. The Labute approximate surface area is 209 Å². The summed E-state index contributed by atoms with van der Waals surface area (Å²) in [5, 5.41) is 21.3. The van der Waals surface area contributed by atoms with E-state index in [9.17, 15) is 19.8 Å². The fraction of sp³-hybridized carbons (Fsp3) is 0.214. The van der Waals surface area contributed by atoms with Crippen LogP contribution in [0.1, 0.15) is 36.6 Å². The number of nitrogens with zero attached hydrogens (tertiary/aromatic N) is 1. The molecule has 0 aliphatic carbocycles. The van der Waals surface area contributed by atoms with E-state index in [0.29, 0.717) is 35.1 Å². The van der Waals surface area contributed by atoms with Gasteiger partial charge in [-0.15, -0.1) is 0 Å². The molecule has 3 aromatic rings. The molecule has 7 heteroatoms. The predicted molar refractivity (Wildman–Crippen MR) is 136 cm³/mol. The van der Waals surface area contributed by atoms with E-state index in [1.54, 1.807) is 54.6 Å². The van der Waals surface area contributed by atoms with E-state index in [0.717, 1.165) is 5.56 Å². The Morgan fingerprint density at radius 3 is 2.40 bits per heavy atom. The van der Waals surface area contributed by atoms with E-state index < -0.39 is 17.7 Å². The fourth-order valence-electron chi connectivity index (χ4n) is 4.07. The van der Waals surface area contributed by atoms with Crippen LogP contribution in [-0.4, -0.2) is 28.5 Å². The molecule has 0 spiro atoms. The summed E-state index contributed by atoms with van der Waals surface area (Å²) in [4.78, 5) is 27.8. The zero-order valence-corrected chi connectivity index (χ0v) is 20.4. The molecule has 2 N–H and O–H groups in total. The first-order valence-electron chi connectivity index (χ1n) is 11.3. The number of halogens is 1. The highest BCUT2D eigenvalue weighted by Crippen LogP contribution is 2.43. The van der Waals surface area contributed by atoms with Crippen molar-refractivity contribution in [3.8, 4) is 11.5 Å². The van der Waals surface area contributed by atoms with Crippen LogP contribution in [0, 0.1) is 12.8 Å². The van der Waals surface area contributed by atoms with E-state index in [-0.39, 0.29) is 22.1 Å². The molecule has 1 unspecified atom stereocenters. The minimum atomic E-state index is -0.937. The number of anilines is 1. The van der Waals surface area contributed by atoms with Gasteiger partial charge in [-0.2, -0.15) is 0 Å². The number of phenolic OH excluding ortho intramolecular Hbond substituents is 1. The first kappa shape index (κ1) is 24.4. The third kappa shape index (κ3) is 4.75. The van der Waals surface area contributed by atoms with Crippen LogP contribution < -0.4 is 9.64 Å². The van der Waals surface area contributed by atoms with Gasteiger partial charge in [0.25, 0.3) is 11.7 Å². The normalized spacial score (nSPS) is 17.3. The lowest BCUT2D eigenvalue weighted by atomic mass is 9.94. The molecule has 1 fully saturated rings. The number of para-hydroxylation sites is 1. The summed E-state index contributed by atoms with van der Waals surface area (Å²) in [5.41, 5.74) is 2.09. The second-order valence-electron chi connectivity index (χ2n) is 8.90. The van der Waals surface area contributed by atoms with Crippen LogP contribution in [0.4, 0.5) is 5.69 Å². The molecule has 0 aromatic heterocycles. The molecule has 35 heavy (non-hydrogen) atoms. The molecule has 1 atom stereocenters. The lowest BCUT2D eigenvalue weighted by Gasteiger charge is -2.25. The molecular weight excluding hydrogens is 466 g/mol. The molecule has 1 saturated heterocycles. The lowest BCUT2D eigenvalue weighted by molar-refractivity contribution is -0.132. The molecule has 0 bridgehead atoms. The summed E-state index contributed by atoms with van der Waals surface area (Å²) < 4.78 is 5.82. The number of hydrogen-bond donors (Lipinski definition) is 2. The Morgan fingerprint density at radius 2 is 1.77 bits per heavy atom. The van der Waals surface area contributed by atoms with Crippen molar-refractivity contribution >= 4 is 34.7 Å². The monoisotopic (exact) mass is 491 g/mol. The second-order valence-corrected chi connectivity index (χ2v) is 9.31. The third-order valence-corrected chi connectivity index (χ3v) is 6.09. The first-order chi connectivity index (χ1) is 16.7. The molecule has 180 valence electrons. The highest BCUT2D eigenvalue weighted by atomic mass is 35.5. The van der Waals surface area contributed by atoms with E-state index in [1.807, 2.05) is 6.92 Å². The summed E-state index contributed by atoms with van der Waals surface area (Å²) in [6.45, 7) is 6.51. The quantitative estimate of drug-likeness (QED) is 0.250. The maximum atomic E-state index is 13.3. The van der Waals surface area contributed by atoms with Gasteiger partial charge >= 0.3 is 0 Å². The van der Waals surface area contributed by atoms with Gasteiger partial charge in [0.2, 0.25) is 0 Å². The number of phenols is 1. The number of benzene rings is 3. The SMILES string of the molecule is Cc1cc(/C(O)=C2/C(=O)C(=O)N(c3ccccc3)C2c2ccc(O)c(Cl)c2)ccc1OCC(C)C. The molecule has 6 nitrogen and oxygen atoms in total. The third-order valence-electron chi connectivity index (χ3n) is 5.79. The van der Waals surface area contributed by atoms with E-state index in [4.69, 9.17) is 16.3 Å². The Kier molecular flexibility index (Phi) is 6.85. The Balaban J connectivity index is 1.86. The molecule has 1 heterocycles. The second kappa shape index (κ2) is 9.84. The van der Waals surface area contributed by atoms with E-state index in [2.05, 4.69) is 13.8 Å². The molecule has 1 amide bonds. The van der Waals surface area contributed by atoms with Crippen LogP contribution in [0.2, 0.25) is 5.02 Å². The van der Waals surface area contributed by atoms with Gasteiger partial charge in [0, 0.05) is 11.3 Å². The van der Waals surface area contributed by atoms with Crippen molar-refractivity contribution in [1.82, 2.24) is 0 Å². The summed E-state index contributed by atoms with van der Waals surface area (Å²) in [6.07, 6.45) is 0. The van der Waals surface area contributed by atoms with Crippen molar-refractivity contribution in [2.45, 2.75) is 26.8 Å². The van der Waals surface area contributed by atoms with E-state index >= 15 is 0 Å². The zero-order chi connectivity index (χ0) is 25.3. The highest BCUT2D eigenvalue weighted by Gasteiger charge is 2.47. The Bertz CT molecular complexity index is 1320. The number of aromatic hydroxyl groups is 1. The topological polar surface area (TPSA) is 87.1 Å². The van der Waals surface area contributed by atoms with Crippen molar-refractivity contribution in [2.24, 2.45) is 5.92 Å². The van der Waals surface area contributed by atoms with Gasteiger partial charge in [-0.1, -0.05) is 49.7 Å². The van der Waals surface area contributed by atoms with Crippen LogP contribution >= 0.6 is 11.6 Å². The lowest BCUT2D eigenvalue weighted by Crippen LogP contribution is -2.29. The predicted octanol–water partition coefficient (Wildman–Crippen LogP) is 6.02. The van der Waals surface area contributed by atoms with Gasteiger partial charge < -0.3 is 14.9 Å². The van der Waals surface area contributed by atoms with Crippen molar-refractivity contribution in [1.29, 1.82) is 0 Å². The number of aryl methyl sites for hydroxylation is 1. The van der Waals surface area contributed by atoms with Crippen LogP contribution in [0.3, 0.4) is 0 Å². The summed E-state index contributed by atoms with van der Waals surface area (Å²) in [5.74, 6) is -0.955. The van der Waals surface area contributed by atoms with Crippen LogP contribution in [0.15, 0.2) is 72.3 Å². The zero-order valence-electron chi connectivity index (χ0n) is 19.7. The van der Waals surface area contributed by atoms with Crippen molar-refractivity contribution in [2.75, 3.05) is 11.5 Å². The first-order valence-corrected chi connectivity index (χ1v) is 11.6. The molecule has 3 aromatic carbocycles. The van der Waals surface area contributed by atoms with Crippen molar-refractivity contribution < 1.29 is 24.5 Å². The van der Waals surface area contributed by atoms with Gasteiger partial charge in [0.1, 0.15) is 17.3 Å². The number of aliphatic hydroxyl groups is 1. The molecule has 4 rings (SSSR count). The number of aliphatic hydroxyl groups excluding tert-OH is 1. The number of amides is 1. The molecule has 0 saturated carbocycles. The maximum absolute atomic E-state index is 13.3. The van der Waals surface area contributed by atoms with Gasteiger partial charge in [-0.05, 0) is 66.4 Å². The summed E-state index contributed by atoms with van der Waals surface area (Å²) in [6, 6.07) is 17.4. The van der Waals surface area contributed by atoms with Crippen molar-refractivity contribution in [3.05, 3.63) is 94.0 Å². The summed E-state index contributed by atoms with van der Waals surface area (Å²) >= 11 is 6.16. The maximum Gasteiger partial charge on any atom is 0.300 e. The standard InChI is InChI=1S/C28H26ClNO5/c1-16(2)15-35-23-12-10-19(13-17(23)3)26(32)24-25(18-9-11-22(31)21(29)14-18)30(28(34)27(24)33)20-7-5-4-6-8-20/h4-14,16,25,31-32H,15H2,1-3H3/b26-24-. The molecule has 0 radical (unpaired) electrons. The number of carbonyl (C=O) groups is 2. The number of ketones is 1. The number of rotatable bonds is 6. The van der Waals surface area contributed by atoms with Crippen LogP contribution in [0.25, 0.3) is 5.76 Å². The van der Waals surface area contributed by atoms with Gasteiger partial charge in [0.15, 0.2) is 0 Å². The average Bonchev–Trinajstić information content (AvgIpc) is 3.10. The van der Waals surface area contributed by atoms with Gasteiger partial charge in [0.05, 0.1) is 23.2 Å². The number of hydrogen-bond acceptors (Lipinski definition) is 5. The smallest absolute Gasteiger partial charge is 0.300 e. The van der Waals surface area contributed by atoms with Crippen molar-refractivity contribution in [3.63, 3.8) is 0 Å². The Hall–Kier alpha value is -3.77. The Morgan fingerprint density at radius 1 is 1.06 bits per heavy atom. The van der Waals surface area contributed by atoms with E-state index in [1.165, 1.54) is 17.0 Å². The minimum absolute atomic E-state index is 0.0594. The minimum Gasteiger partial charge on any atom is -0.507 e. The average molecular weight is 492 g/mol. The number of carbonyl (C=O) groups excluding carboxylic acids is 2. The highest BCUT2D eigenvalue weighted by molar-refractivity contribution is 6.51.